The maximum absolute atomic E-state index is 4.42. The molecule has 1 heterocycles. The summed E-state index contributed by atoms with van der Waals surface area (Å²) >= 11 is 0. The van der Waals surface area contributed by atoms with E-state index in [0.717, 1.165) is 0 Å². The van der Waals surface area contributed by atoms with Crippen molar-refractivity contribution in [1.82, 2.24) is 10.4 Å². The molecular weight excluding hydrogens is 126 g/mol. The van der Waals surface area contributed by atoms with E-state index < -0.39 is 0 Å². The van der Waals surface area contributed by atoms with E-state index in [-0.39, 0.29) is 6.17 Å². The lowest BCUT2D eigenvalue weighted by Crippen LogP contribution is -2.52. The highest BCUT2D eigenvalue weighted by Gasteiger charge is 2.18. The van der Waals surface area contributed by atoms with Gasteiger partial charge in [-0.05, 0) is 20.8 Å². The van der Waals surface area contributed by atoms with Crippen molar-refractivity contribution in [2.75, 3.05) is 7.05 Å². The zero-order valence-electron chi connectivity index (χ0n) is 7.05. The van der Waals surface area contributed by atoms with Gasteiger partial charge in [0.05, 0.1) is 6.04 Å². The fourth-order valence-corrected chi connectivity index (χ4v) is 1.000. The third-order valence-corrected chi connectivity index (χ3v) is 1.97. The van der Waals surface area contributed by atoms with E-state index in [1.807, 2.05) is 12.1 Å². The molecule has 0 amide bonds. The maximum Gasteiger partial charge on any atom is 0.111 e. The highest BCUT2D eigenvalue weighted by atomic mass is 15.6. The Labute approximate surface area is 62.1 Å². The van der Waals surface area contributed by atoms with Crippen LogP contribution in [-0.2, 0) is 0 Å². The lowest BCUT2D eigenvalue weighted by molar-refractivity contribution is 0.158. The Hall–Kier alpha value is -0.410. The minimum Gasteiger partial charge on any atom is -0.273 e. The third-order valence-electron chi connectivity index (χ3n) is 1.97. The molecule has 2 unspecified atom stereocenters. The van der Waals surface area contributed by atoms with Crippen LogP contribution in [0.15, 0.2) is 4.99 Å². The maximum atomic E-state index is 4.42. The van der Waals surface area contributed by atoms with Crippen molar-refractivity contribution in [3.8, 4) is 0 Å². The van der Waals surface area contributed by atoms with E-state index in [1.54, 1.807) is 0 Å². The van der Waals surface area contributed by atoms with Gasteiger partial charge in [-0.2, -0.15) is 0 Å². The molecular formula is C7H15N3. The summed E-state index contributed by atoms with van der Waals surface area (Å²) in [6.07, 6.45) is 0.274. The van der Waals surface area contributed by atoms with Gasteiger partial charge in [0.25, 0.3) is 0 Å². The van der Waals surface area contributed by atoms with E-state index >= 15 is 0 Å². The van der Waals surface area contributed by atoms with Crippen LogP contribution in [0.5, 0.6) is 0 Å². The van der Waals surface area contributed by atoms with Gasteiger partial charge in [0, 0.05) is 12.8 Å². The number of nitrogens with zero attached hydrogens (tertiary/aromatic N) is 2. The molecule has 0 bridgehead atoms. The van der Waals surface area contributed by atoms with Gasteiger partial charge < -0.3 is 0 Å². The van der Waals surface area contributed by atoms with Crippen molar-refractivity contribution < 1.29 is 0 Å². The van der Waals surface area contributed by atoms with E-state index in [1.165, 1.54) is 5.71 Å². The molecule has 0 aromatic carbocycles. The van der Waals surface area contributed by atoms with Crippen molar-refractivity contribution in [1.29, 1.82) is 0 Å². The fraction of sp³-hybridized carbons (Fsp3) is 0.857. The van der Waals surface area contributed by atoms with Crippen LogP contribution in [0.2, 0.25) is 0 Å². The Balaban J connectivity index is 2.69. The van der Waals surface area contributed by atoms with Crippen molar-refractivity contribution >= 4 is 5.71 Å². The molecule has 0 spiro atoms. The number of hydrogen-bond acceptors (Lipinski definition) is 3. The van der Waals surface area contributed by atoms with Gasteiger partial charge in [-0.15, -0.1) is 0 Å². The Kier molecular flexibility index (Phi) is 2.06. The van der Waals surface area contributed by atoms with Crippen molar-refractivity contribution in [3.63, 3.8) is 0 Å². The van der Waals surface area contributed by atoms with Crippen LogP contribution in [0.4, 0.5) is 0 Å². The van der Waals surface area contributed by atoms with Gasteiger partial charge in [0.2, 0.25) is 0 Å². The monoisotopic (exact) mass is 141 g/mol. The summed E-state index contributed by atoms with van der Waals surface area (Å²) in [5, 5.41) is 2.03. The topological polar surface area (TPSA) is 27.6 Å². The summed E-state index contributed by atoms with van der Waals surface area (Å²) in [5.74, 6) is 0. The van der Waals surface area contributed by atoms with Crippen LogP contribution in [0, 0.1) is 0 Å². The second kappa shape index (κ2) is 2.68. The number of hydrazine groups is 1. The molecule has 0 radical (unpaired) electrons. The first kappa shape index (κ1) is 7.69. The van der Waals surface area contributed by atoms with Crippen LogP contribution in [0.25, 0.3) is 0 Å². The number of aliphatic imine (C=N–C) groups is 1. The number of rotatable bonds is 0. The zero-order chi connectivity index (χ0) is 7.72. The lowest BCUT2D eigenvalue weighted by atomic mass is 10.2. The van der Waals surface area contributed by atoms with Crippen LogP contribution < -0.4 is 5.43 Å². The first-order chi connectivity index (χ1) is 4.61. The minimum atomic E-state index is 0.274. The Bertz CT molecular complexity index is 153. The van der Waals surface area contributed by atoms with E-state index in [0.29, 0.717) is 6.04 Å². The third kappa shape index (κ3) is 1.36. The number of nitrogens with one attached hydrogen (secondary N) is 1. The van der Waals surface area contributed by atoms with Gasteiger partial charge in [-0.3, -0.25) is 4.99 Å². The predicted octanol–water partition coefficient (Wildman–Crippen LogP) is 0.632. The summed E-state index contributed by atoms with van der Waals surface area (Å²) in [5.41, 5.74) is 4.47. The molecule has 58 valence electrons. The van der Waals surface area contributed by atoms with Crippen molar-refractivity contribution in [2.45, 2.75) is 33.0 Å². The number of hydrogen-bond donors (Lipinski definition) is 1. The van der Waals surface area contributed by atoms with E-state index in [4.69, 9.17) is 0 Å². The molecule has 3 nitrogen and oxygen atoms in total. The van der Waals surface area contributed by atoms with E-state index in [9.17, 15) is 0 Å². The molecule has 1 aliphatic rings. The van der Waals surface area contributed by atoms with Crippen molar-refractivity contribution in [2.24, 2.45) is 4.99 Å². The lowest BCUT2D eigenvalue weighted by Gasteiger charge is -2.32. The summed E-state index contributed by atoms with van der Waals surface area (Å²) in [6.45, 7) is 6.24. The highest BCUT2D eigenvalue weighted by molar-refractivity contribution is 5.87. The van der Waals surface area contributed by atoms with Crippen LogP contribution in [0.3, 0.4) is 0 Å². The fourth-order valence-electron chi connectivity index (χ4n) is 1.000. The largest absolute Gasteiger partial charge is 0.273 e. The molecule has 0 aromatic rings. The normalized spacial score (nSPS) is 35.8. The Morgan fingerprint density at radius 1 is 1.50 bits per heavy atom. The SMILES string of the molecule is CC1=NC(C)N(C)NC1C. The molecule has 0 aromatic heterocycles. The molecule has 1 N–H and O–H groups in total. The first-order valence-electron chi connectivity index (χ1n) is 3.64. The smallest absolute Gasteiger partial charge is 0.111 e. The predicted molar refractivity (Wildman–Crippen MR) is 42.9 cm³/mol. The minimum absolute atomic E-state index is 0.274. The molecule has 0 fully saturated rings. The average Bonchev–Trinajstić information content (AvgIpc) is 1.84. The second-order valence-corrected chi connectivity index (χ2v) is 2.86. The van der Waals surface area contributed by atoms with Crippen LogP contribution in [-0.4, -0.2) is 30.0 Å². The molecule has 1 rings (SSSR count). The van der Waals surface area contributed by atoms with Gasteiger partial charge in [0.1, 0.15) is 6.17 Å². The van der Waals surface area contributed by atoms with Gasteiger partial charge in [0.15, 0.2) is 0 Å². The van der Waals surface area contributed by atoms with Gasteiger partial charge in [-0.25, -0.2) is 10.4 Å². The Morgan fingerprint density at radius 2 is 2.10 bits per heavy atom. The van der Waals surface area contributed by atoms with Gasteiger partial charge >= 0.3 is 0 Å². The standard InChI is InChI=1S/C7H15N3/c1-5-6(2)9-10(4)7(3)8-5/h6-7,9H,1-4H3. The molecule has 0 saturated carbocycles. The van der Waals surface area contributed by atoms with E-state index in [2.05, 4.69) is 31.2 Å². The van der Waals surface area contributed by atoms with Crippen LogP contribution >= 0.6 is 0 Å². The van der Waals surface area contributed by atoms with Gasteiger partial charge in [-0.1, -0.05) is 0 Å². The molecule has 2 atom stereocenters. The second-order valence-electron chi connectivity index (χ2n) is 2.86. The Morgan fingerprint density at radius 3 is 2.60 bits per heavy atom. The average molecular weight is 141 g/mol. The quantitative estimate of drug-likeness (QED) is 0.536. The zero-order valence-corrected chi connectivity index (χ0v) is 7.05. The molecule has 0 aliphatic carbocycles. The first-order valence-corrected chi connectivity index (χ1v) is 3.64. The molecule has 1 aliphatic heterocycles. The summed E-state index contributed by atoms with van der Waals surface area (Å²) in [6, 6.07) is 0.390. The molecule has 10 heavy (non-hydrogen) atoms. The highest BCUT2D eigenvalue weighted by Crippen LogP contribution is 2.03. The molecule has 3 heteroatoms. The van der Waals surface area contributed by atoms with Crippen LogP contribution in [0.1, 0.15) is 20.8 Å². The van der Waals surface area contributed by atoms with Crippen molar-refractivity contribution in [3.05, 3.63) is 0 Å². The summed E-state index contributed by atoms with van der Waals surface area (Å²) < 4.78 is 0. The molecule has 0 saturated heterocycles. The summed E-state index contributed by atoms with van der Waals surface area (Å²) in [7, 11) is 2.01. The summed E-state index contributed by atoms with van der Waals surface area (Å²) in [4.78, 5) is 4.42.